The average molecular weight is 272 g/mol. The second-order valence-electron chi connectivity index (χ2n) is 5.21. The van der Waals surface area contributed by atoms with Gasteiger partial charge in [0.2, 0.25) is 5.91 Å². The van der Waals surface area contributed by atoms with E-state index in [0.29, 0.717) is 6.54 Å². The Labute approximate surface area is 116 Å². The number of amides is 1. The second kappa shape index (κ2) is 8.91. The summed E-state index contributed by atoms with van der Waals surface area (Å²) in [5.41, 5.74) is 0. The first-order valence-corrected chi connectivity index (χ1v) is 7.07. The summed E-state index contributed by atoms with van der Waals surface area (Å²) < 4.78 is 0. The summed E-state index contributed by atoms with van der Waals surface area (Å²) in [6.07, 6.45) is 0. The minimum atomic E-state index is -0.857. The Balaban J connectivity index is 4.59. The smallest absolute Gasteiger partial charge is 0.308 e. The molecule has 0 aliphatic carbocycles. The molecule has 0 aliphatic heterocycles. The largest absolute Gasteiger partial charge is 0.481 e. The average Bonchev–Trinajstić information content (AvgIpc) is 2.36. The summed E-state index contributed by atoms with van der Waals surface area (Å²) in [7, 11) is 0. The Morgan fingerprint density at radius 1 is 1.05 bits per heavy atom. The van der Waals surface area contributed by atoms with Crippen LogP contribution in [0.25, 0.3) is 0 Å². The molecular formula is C14H28N2O3. The zero-order chi connectivity index (χ0) is 15.0. The molecule has 0 bridgehead atoms. The van der Waals surface area contributed by atoms with E-state index < -0.39 is 11.9 Å². The fourth-order valence-electron chi connectivity index (χ4n) is 1.87. The minimum Gasteiger partial charge on any atom is -0.481 e. The van der Waals surface area contributed by atoms with Gasteiger partial charge in [0, 0.05) is 25.6 Å². The van der Waals surface area contributed by atoms with Crippen molar-refractivity contribution in [3.63, 3.8) is 0 Å². The van der Waals surface area contributed by atoms with Gasteiger partial charge in [0.1, 0.15) is 0 Å². The van der Waals surface area contributed by atoms with Crippen LogP contribution in [0.5, 0.6) is 0 Å². The summed E-state index contributed by atoms with van der Waals surface area (Å²) >= 11 is 0. The molecule has 0 aliphatic rings. The van der Waals surface area contributed by atoms with E-state index >= 15 is 0 Å². The molecule has 5 nitrogen and oxygen atoms in total. The van der Waals surface area contributed by atoms with Crippen LogP contribution in [-0.4, -0.2) is 59.5 Å². The maximum absolute atomic E-state index is 12.1. The summed E-state index contributed by atoms with van der Waals surface area (Å²) in [5.74, 6) is -1.46. The number of rotatable bonds is 9. The Kier molecular flexibility index (Phi) is 8.39. The molecule has 0 spiro atoms. The lowest BCUT2D eigenvalue weighted by Crippen LogP contribution is -2.43. The Morgan fingerprint density at radius 2 is 1.58 bits per heavy atom. The third kappa shape index (κ3) is 6.57. The molecule has 0 fully saturated rings. The highest BCUT2D eigenvalue weighted by Gasteiger charge is 2.22. The van der Waals surface area contributed by atoms with Crippen LogP contribution in [0.1, 0.15) is 34.6 Å². The monoisotopic (exact) mass is 272 g/mol. The van der Waals surface area contributed by atoms with E-state index in [4.69, 9.17) is 5.11 Å². The molecule has 112 valence electrons. The van der Waals surface area contributed by atoms with Crippen LogP contribution >= 0.6 is 0 Å². The number of carboxylic acids is 1. The Hall–Kier alpha value is -1.10. The van der Waals surface area contributed by atoms with Crippen LogP contribution in [-0.2, 0) is 9.59 Å². The molecule has 0 saturated carbocycles. The number of carbonyl (C=O) groups excluding carboxylic acids is 1. The van der Waals surface area contributed by atoms with E-state index in [9.17, 15) is 9.59 Å². The fraction of sp³-hybridized carbons (Fsp3) is 0.857. The number of hydrogen-bond acceptors (Lipinski definition) is 3. The van der Waals surface area contributed by atoms with Crippen molar-refractivity contribution in [1.29, 1.82) is 0 Å². The van der Waals surface area contributed by atoms with Crippen molar-refractivity contribution in [2.45, 2.75) is 34.6 Å². The van der Waals surface area contributed by atoms with Crippen LogP contribution in [0.4, 0.5) is 0 Å². The lowest BCUT2D eigenvalue weighted by atomic mass is 10.1. The molecule has 0 saturated heterocycles. The maximum atomic E-state index is 12.1. The van der Waals surface area contributed by atoms with E-state index in [1.165, 1.54) is 0 Å². The van der Waals surface area contributed by atoms with Crippen molar-refractivity contribution in [2.24, 2.45) is 11.8 Å². The van der Waals surface area contributed by atoms with Gasteiger partial charge in [-0.1, -0.05) is 34.6 Å². The molecule has 1 unspecified atom stereocenters. The van der Waals surface area contributed by atoms with Gasteiger partial charge in [-0.25, -0.2) is 0 Å². The molecule has 0 radical (unpaired) electrons. The lowest BCUT2D eigenvalue weighted by molar-refractivity contribution is -0.143. The van der Waals surface area contributed by atoms with Gasteiger partial charge in [0.15, 0.2) is 0 Å². The van der Waals surface area contributed by atoms with Gasteiger partial charge in [0.05, 0.1) is 5.92 Å². The van der Waals surface area contributed by atoms with E-state index in [0.717, 1.165) is 19.6 Å². The molecule has 1 N–H and O–H groups in total. The van der Waals surface area contributed by atoms with Crippen LogP contribution in [0.3, 0.4) is 0 Å². The predicted octanol–water partition coefficient (Wildman–Crippen LogP) is 1.53. The fourth-order valence-corrected chi connectivity index (χ4v) is 1.87. The summed E-state index contributed by atoms with van der Waals surface area (Å²) in [6.45, 7) is 13.0. The second-order valence-corrected chi connectivity index (χ2v) is 5.21. The number of carbonyl (C=O) groups is 2. The number of carboxylic acid groups (broad SMARTS) is 1. The van der Waals surface area contributed by atoms with Crippen molar-refractivity contribution in [3.05, 3.63) is 0 Å². The summed E-state index contributed by atoms with van der Waals surface area (Å²) in [5, 5.41) is 8.97. The SMILES string of the molecule is CCN(CC)CCN(CC(C)C(=O)O)C(=O)C(C)C. The van der Waals surface area contributed by atoms with Crippen molar-refractivity contribution in [1.82, 2.24) is 9.80 Å². The highest BCUT2D eigenvalue weighted by atomic mass is 16.4. The molecule has 0 heterocycles. The van der Waals surface area contributed by atoms with E-state index in [-0.39, 0.29) is 18.4 Å². The molecule has 19 heavy (non-hydrogen) atoms. The normalized spacial score (nSPS) is 12.8. The first-order chi connectivity index (χ1) is 8.83. The number of hydrogen-bond donors (Lipinski definition) is 1. The first kappa shape index (κ1) is 17.9. The van der Waals surface area contributed by atoms with E-state index in [1.807, 2.05) is 13.8 Å². The zero-order valence-electron chi connectivity index (χ0n) is 12.8. The number of aliphatic carboxylic acids is 1. The summed E-state index contributed by atoms with van der Waals surface area (Å²) in [6, 6.07) is 0. The van der Waals surface area contributed by atoms with Crippen molar-refractivity contribution < 1.29 is 14.7 Å². The Bertz CT molecular complexity index is 288. The van der Waals surface area contributed by atoms with Crippen molar-refractivity contribution in [3.8, 4) is 0 Å². The summed E-state index contributed by atoms with van der Waals surface area (Å²) in [4.78, 5) is 26.9. The van der Waals surface area contributed by atoms with Crippen LogP contribution in [0, 0.1) is 11.8 Å². The standard InChI is InChI=1S/C14H28N2O3/c1-6-15(7-2)8-9-16(13(17)11(3)4)10-12(5)14(18)19/h11-12H,6-10H2,1-5H3,(H,18,19). The number of likely N-dealkylation sites (N-methyl/N-ethyl adjacent to an activating group) is 1. The third-order valence-electron chi connectivity index (χ3n) is 3.30. The maximum Gasteiger partial charge on any atom is 0.308 e. The van der Waals surface area contributed by atoms with E-state index in [2.05, 4.69) is 18.7 Å². The number of nitrogens with zero attached hydrogens (tertiary/aromatic N) is 2. The van der Waals surface area contributed by atoms with Gasteiger partial charge < -0.3 is 14.9 Å². The van der Waals surface area contributed by atoms with Crippen molar-refractivity contribution >= 4 is 11.9 Å². The van der Waals surface area contributed by atoms with Gasteiger partial charge in [-0.15, -0.1) is 0 Å². The van der Waals surface area contributed by atoms with E-state index in [1.54, 1.807) is 11.8 Å². The molecule has 0 aromatic heterocycles. The molecule has 0 rings (SSSR count). The quantitative estimate of drug-likeness (QED) is 0.691. The molecule has 0 aromatic carbocycles. The predicted molar refractivity (Wildman–Crippen MR) is 76.0 cm³/mol. The highest BCUT2D eigenvalue weighted by molar-refractivity contribution is 5.79. The van der Waals surface area contributed by atoms with Gasteiger partial charge in [0.25, 0.3) is 0 Å². The molecule has 1 amide bonds. The van der Waals surface area contributed by atoms with Crippen molar-refractivity contribution in [2.75, 3.05) is 32.7 Å². The molecule has 1 atom stereocenters. The van der Waals surface area contributed by atoms with Gasteiger partial charge in [-0.3, -0.25) is 9.59 Å². The lowest BCUT2D eigenvalue weighted by Gasteiger charge is -2.29. The minimum absolute atomic E-state index is 0.0280. The molecular weight excluding hydrogens is 244 g/mol. The van der Waals surface area contributed by atoms with Crippen LogP contribution < -0.4 is 0 Å². The van der Waals surface area contributed by atoms with Gasteiger partial charge >= 0.3 is 5.97 Å². The zero-order valence-corrected chi connectivity index (χ0v) is 12.8. The van der Waals surface area contributed by atoms with Crippen LogP contribution in [0.15, 0.2) is 0 Å². The van der Waals surface area contributed by atoms with Crippen LogP contribution in [0.2, 0.25) is 0 Å². The van der Waals surface area contributed by atoms with Gasteiger partial charge in [-0.05, 0) is 13.1 Å². The first-order valence-electron chi connectivity index (χ1n) is 7.07. The molecule has 5 heteroatoms. The van der Waals surface area contributed by atoms with Gasteiger partial charge in [-0.2, -0.15) is 0 Å². The Morgan fingerprint density at radius 3 is 1.95 bits per heavy atom. The highest BCUT2D eigenvalue weighted by Crippen LogP contribution is 2.07. The topological polar surface area (TPSA) is 60.9 Å². The molecule has 0 aromatic rings. The third-order valence-corrected chi connectivity index (χ3v) is 3.30.